The Morgan fingerprint density at radius 2 is 1.75 bits per heavy atom. The SMILES string of the molecule is CS/C(=C/C(=S)c1ccc(Br)cc1)Nc1ccccc1. The predicted octanol–water partition coefficient (Wildman–Crippen LogP) is 5.48. The van der Waals surface area contributed by atoms with Gasteiger partial charge in [0, 0.05) is 15.0 Å². The molecule has 0 spiro atoms. The predicted molar refractivity (Wildman–Crippen MR) is 97.5 cm³/mol. The maximum Gasteiger partial charge on any atom is 0.0737 e. The van der Waals surface area contributed by atoms with E-state index in [1.54, 1.807) is 11.8 Å². The van der Waals surface area contributed by atoms with Crippen LogP contribution in [0.2, 0.25) is 0 Å². The van der Waals surface area contributed by atoms with Gasteiger partial charge in [-0.05, 0) is 42.2 Å². The highest BCUT2D eigenvalue weighted by molar-refractivity contribution is 9.10. The van der Waals surface area contributed by atoms with Gasteiger partial charge >= 0.3 is 0 Å². The summed E-state index contributed by atoms with van der Waals surface area (Å²) < 4.78 is 1.06. The molecule has 0 amide bonds. The van der Waals surface area contributed by atoms with Gasteiger partial charge in [0.25, 0.3) is 0 Å². The Labute approximate surface area is 137 Å². The molecule has 0 radical (unpaired) electrons. The summed E-state index contributed by atoms with van der Waals surface area (Å²) in [5, 5.41) is 4.40. The van der Waals surface area contributed by atoms with Gasteiger partial charge in [-0.25, -0.2) is 0 Å². The molecule has 20 heavy (non-hydrogen) atoms. The van der Waals surface area contributed by atoms with E-state index in [2.05, 4.69) is 21.2 Å². The lowest BCUT2D eigenvalue weighted by molar-refractivity contribution is 1.56. The molecule has 2 rings (SSSR count). The summed E-state index contributed by atoms with van der Waals surface area (Å²) in [5.41, 5.74) is 2.11. The molecule has 1 N–H and O–H groups in total. The second-order valence-corrected chi connectivity index (χ2v) is 6.28. The number of anilines is 1. The summed E-state index contributed by atoms with van der Waals surface area (Å²) in [6.45, 7) is 0. The maximum absolute atomic E-state index is 5.48. The van der Waals surface area contributed by atoms with E-state index in [4.69, 9.17) is 12.2 Å². The Balaban J connectivity index is 2.14. The van der Waals surface area contributed by atoms with E-state index >= 15 is 0 Å². The smallest absolute Gasteiger partial charge is 0.0737 e. The zero-order chi connectivity index (χ0) is 14.4. The largest absolute Gasteiger partial charge is 0.350 e. The fourth-order valence-electron chi connectivity index (χ4n) is 1.63. The summed E-state index contributed by atoms with van der Waals surface area (Å²) in [6.07, 6.45) is 4.03. The fourth-order valence-corrected chi connectivity index (χ4v) is 2.67. The van der Waals surface area contributed by atoms with Gasteiger partial charge in [0.1, 0.15) is 0 Å². The number of thiocarbonyl (C=S) groups is 1. The number of rotatable bonds is 5. The van der Waals surface area contributed by atoms with Gasteiger partial charge in [-0.15, -0.1) is 11.8 Å². The van der Waals surface area contributed by atoms with Crippen LogP contribution in [0.15, 0.2) is 70.2 Å². The van der Waals surface area contributed by atoms with Gasteiger partial charge in [-0.2, -0.15) is 0 Å². The number of allylic oxidation sites excluding steroid dienone is 1. The Morgan fingerprint density at radius 1 is 1.10 bits per heavy atom. The van der Waals surface area contributed by atoms with E-state index in [-0.39, 0.29) is 0 Å². The highest BCUT2D eigenvalue weighted by Crippen LogP contribution is 2.19. The molecule has 0 saturated carbocycles. The van der Waals surface area contributed by atoms with Crippen LogP contribution in [0.1, 0.15) is 5.56 Å². The average molecular weight is 364 g/mol. The molecule has 0 bridgehead atoms. The number of hydrogen-bond acceptors (Lipinski definition) is 3. The normalized spacial score (nSPS) is 11.2. The highest BCUT2D eigenvalue weighted by atomic mass is 79.9. The molecule has 0 aliphatic rings. The van der Waals surface area contributed by atoms with Crippen molar-refractivity contribution in [3.05, 3.63) is 75.7 Å². The molecular weight excluding hydrogens is 350 g/mol. The zero-order valence-corrected chi connectivity index (χ0v) is 14.2. The van der Waals surface area contributed by atoms with Crippen LogP contribution in [0.5, 0.6) is 0 Å². The van der Waals surface area contributed by atoms with Crippen LogP contribution in [-0.2, 0) is 0 Å². The van der Waals surface area contributed by atoms with Crippen LogP contribution in [0, 0.1) is 0 Å². The summed E-state index contributed by atoms with van der Waals surface area (Å²) in [5.74, 6) is 0. The van der Waals surface area contributed by atoms with Crippen molar-refractivity contribution >= 4 is 50.5 Å². The molecule has 2 aromatic carbocycles. The van der Waals surface area contributed by atoms with E-state index in [0.717, 1.165) is 25.6 Å². The van der Waals surface area contributed by atoms with E-state index in [1.165, 1.54) is 0 Å². The third-order valence-corrected chi connectivity index (χ3v) is 4.19. The minimum atomic E-state index is 0.824. The van der Waals surface area contributed by atoms with Gasteiger partial charge < -0.3 is 5.32 Å². The molecule has 0 aromatic heterocycles. The van der Waals surface area contributed by atoms with Crippen molar-refractivity contribution in [1.82, 2.24) is 0 Å². The molecule has 0 fully saturated rings. The van der Waals surface area contributed by atoms with Gasteiger partial charge in [0.15, 0.2) is 0 Å². The van der Waals surface area contributed by atoms with Crippen LogP contribution in [0.4, 0.5) is 5.69 Å². The van der Waals surface area contributed by atoms with E-state index in [1.807, 2.05) is 66.9 Å². The molecule has 0 unspecified atom stereocenters. The maximum atomic E-state index is 5.48. The first kappa shape index (κ1) is 15.3. The van der Waals surface area contributed by atoms with Crippen molar-refractivity contribution < 1.29 is 0 Å². The van der Waals surface area contributed by atoms with E-state index in [0.29, 0.717) is 0 Å². The molecular formula is C16H14BrNS2. The van der Waals surface area contributed by atoms with Gasteiger partial charge in [-0.3, -0.25) is 0 Å². The first-order valence-electron chi connectivity index (χ1n) is 6.06. The Hall–Kier alpha value is -1.10. The molecule has 0 aliphatic carbocycles. The first-order valence-corrected chi connectivity index (χ1v) is 8.49. The Kier molecular flexibility index (Phi) is 5.83. The van der Waals surface area contributed by atoms with Crippen LogP contribution in [0.3, 0.4) is 0 Å². The second-order valence-electron chi connectivity index (χ2n) is 4.07. The molecule has 4 heteroatoms. The van der Waals surface area contributed by atoms with E-state index in [9.17, 15) is 0 Å². The van der Waals surface area contributed by atoms with Crippen molar-refractivity contribution in [3.63, 3.8) is 0 Å². The number of para-hydroxylation sites is 1. The minimum Gasteiger partial charge on any atom is -0.350 e. The third-order valence-electron chi connectivity index (χ3n) is 2.65. The number of hydrogen-bond donors (Lipinski definition) is 1. The van der Waals surface area contributed by atoms with Gasteiger partial charge in [0.05, 0.1) is 5.03 Å². The lowest BCUT2D eigenvalue weighted by atomic mass is 10.1. The average Bonchev–Trinajstić information content (AvgIpc) is 2.48. The quantitative estimate of drug-likeness (QED) is 0.428. The molecule has 0 aliphatic heterocycles. The highest BCUT2D eigenvalue weighted by Gasteiger charge is 2.02. The fraction of sp³-hybridized carbons (Fsp3) is 0.0625. The van der Waals surface area contributed by atoms with Crippen molar-refractivity contribution in [3.8, 4) is 0 Å². The minimum absolute atomic E-state index is 0.824. The summed E-state index contributed by atoms with van der Waals surface area (Å²) in [7, 11) is 0. The molecule has 0 atom stereocenters. The van der Waals surface area contributed by atoms with Crippen LogP contribution < -0.4 is 5.32 Å². The first-order chi connectivity index (χ1) is 9.69. The number of thioether (sulfide) groups is 1. The number of nitrogens with one attached hydrogen (secondary N) is 1. The van der Waals surface area contributed by atoms with Crippen molar-refractivity contribution in [2.75, 3.05) is 11.6 Å². The molecule has 102 valence electrons. The standard InChI is InChI=1S/C16H14BrNS2/c1-20-16(18-14-5-3-2-4-6-14)11-15(19)12-7-9-13(17)10-8-12/h2-11,18H,1H3/b16-11+. The van der Waals surface area contributed by atoms with Crippen molar-refractivity contribution in [2.45, 2.75) is 0 Å². The van der Waals surface area contributed by atoms with E-state index < -0.39 is 0 Å². The van der Waals surface area contributed by atoms with Gasteiger partial charge in [-0.1, -0.05) is 58.5 Å². The topological polar surface area (TPSA) is 12.0 Å². The molecule has 0 saturated heterocycles. The Bertz CT molecular complexity index is 606. The third kappa shape index (κ3) is 4.47. The number of halogens is 1. The van der Waals surface area contributed by atoms with Crippen LogP contribution in [0.25, 0.3) is 0 Å². The number of benzene rings is 2. The van der Waals surface area contributed by atoms with Crippen molar-refractivity contribution in [1.29, 1.82) is 0 Å². The van der Waals surface area contributed by atoms with Crippen LogP contribution in [-0.4, -0.2) is 11.1 Å². The molecule has 1 nitrogen and oxygen atoms in total. The lowest BCUT2D eigenvalue weighted by Gasteiger charge is -2.09. The molecule has 0 heterocycles. The summed E-state index contributed by atoms with van der Waals surface area (Å²) >= 11 is 10.5. The summed E-state index contributed by atoms with van der Waals surface area (Å²) in [4.78, 5) is 0.824. The lowest BCUT2D eigenvalue weighted by Crippen LogP contribution is -2.00. The summed E-state index contributed by atoms with van der Waals surface area (Å²) in [6, 6.07) is 18.1. The van der Waals surface area contributed by atoms with Gasteiger partial charge in [0.2, 0.25) is 0 Å². The Morgan fingerprint density at radius 3 is 2.35 bits per heavy atom. The monoisotopic (exact) mass is 363 g/mol. The van der Waals surface area contributed by atoms with Crippen LogP contribution >= 0.6 is 39.9 Å². The van der Waals surface area contributed by atoms with Crippen molar-refractivity contribution in [2.24, 2.45) is 0 Å². The second kappa shape index (κ2) is 7.62. The zero-order valence-electron chi connectivity index (χ0n) is 11.0. The molecule has 2 aromatic rings.